The van der Waals surface area contributed by atoms with Gasteiger partial charge in [0.25, 0.3) is 0 Å². The molecule has 1 aliphatic rings. The summed E-state index contributed by atoms with van der Waals surface area (Å²) in [7, 11) is 0. The Labute approximate surface area is 119 Å². The third kappa shape index (κ3) is 4.84. The van der Waals surface area contributed by atoms with Crippen molar-refractivity contribution in [1.29, 1.82) is 0 Å². The van der Waals surface area contributed by atoms with Crippen molar-refractivity contribution in [1.82, 2.24) is 5.32 Å². The van der Waals surface area contributed by atoms with E-state index in [0.717, 1.165) is 11.4 Å². The van der Waals surface area contributed by atoms with Gasteiger partial charge >= 0.3 is 0 Å². The van der Waals surface area contributed by atoms with Gasteiger partial charge in [-0.05, 0) is 49.8 Å². The first kappa shape index (κ1) is 14.4. The van der Waals surface area contributed by atoms with Gasteiger partial charge in [-0.15, -0.1) is 0 Å². The van der Waals surface area contributed by atoms with E-state index in [9.17, 15) is 4.79 Å². The highest BCUT2D eigenvalue weighted by Gasteiger charge is 2.29. The van der Waals surface area contributed by atoms with Gasteiger partial charge in [-0.3, -0.25) is 4.79 Å². The fraction of sp³-hybridized carbons (Fsp3) is 0.533. The second-order valence-corrected chi connectivity index (χ2v) is 5.94. The standard InChI is InChI=1S/C15H21ClN2O/c1-10(8-11-2-6-13(16)7-3-11)18-15(19)9-14(17)12-4-5-12/h2-3,6-7,10,12,14H,4-5,8-9,17H2,1H3,(H,18,19). The Balaban J connectivity index is 1.75. The predicted molar refractivity (Wildman–Crippen MR) is 78.1 cm³/mol. The number of nitrogens with one attached hydrogen (secondary N) is 1. The molecule has 4 heteroatoms. The van der Waals surface area contributed by atoms with Crippen molar-refractivity contribution in [2.75, 3.05) is 0 Å². The Bertz CT molecular complexity index is 428. The highest BCUT2D eigenvalue weighted by Crippen LogP contribution is 2.32. The van der Waals surface area contributed by atoms with Gasteiger partial charge < -0.3 is 11.1 Å². The maximum Gasteiger partial charge on any atom is 0.221 e. The lowest BCUT2D eigenvalue weighted by Gasteiger charge is -2.16. The minimum absolute atomic E-state index is 0.0303. The summed E-state index contributed by atoms with van der Waals surface area (Å²) in [4.78, 5) is 11.8. The summed E-state index contributed by atoms with van der Waals surface area (Å²) in [5.41, 5.74) is 7.12. The SMILES string of the molecule is CC(Cc1ccc(Cl)cc1)NC(=O)CC(N)C1CC1. The zero-order valence-electron chi connectivity index (χ0n) is 11.2. The summed E-state index contributed by atoms with van der Waals surface area (Å²) in [6.07, 6.45) is 3.60. The molecule has 1 fully saturated rings. The largest absolute Gasteiger partial charge is 0.353 e. The first-order valence-electron chi connectivity index (χ1n) is 6.84. The number of rotatable bonds is 6. The Morgan fingerprint density at radius 3 is 2.63 bits per heavy atom. The number of benzene rings is 1. The predicted octanol–water partition coefficient (Wildman–Crippen LogP) is 2.51. The summed E-state index contributed by atoms with van der Waals surface area (Å²) in [6.45, 7) is 2.01. The quantitative estimate of drug-likeness (QED) is 0.841. The van der Waals surface area contributed by atoms with E-state index in [1.807, 2.05) is 31.2 Å². The summed E-state index contributed by atoms with van der Waals surface area (Å²) >= 11 is 5.84. The maximum absolute atomic E-state index is 11.8. The van der Waals surface area contributed by atoms with Gasteiger partial charge in [0, 0.05) is 23.5 Å². The monoisotopic (exact) mass is 280 g/mol. The van der Waals surface area contributed by atoms with Gasteiger partial charge in [-0.25, -0.2) is 0 Å². The van der Waals surface area contributed by atoms with Crippen molar-refractivity contribution >= 4 is 17.5 Å². The van der Waals surface area contributed by atoms with E-state index in [-0.39, 0.29) is 18.0 Å². The van der Waals surface area contributed by atoms with Crippen LogP contribution in [0.25, 0.3) is 0 Å². The van der Waals surface area contributed by atoms with Crippen LogP contribution in [-0.4, -0.2) is 18.0 Å². The molecular weight excluding hydrogens is 260 g/mol. The number of carbonyl (C=O) groups excluding carboxylic acids is 1. The molecule has 19 heavy (non-hydrogen) atoms. The summed E-state index contributed by atoms with van der Waals surface area (Å²) in [5.74, 6) is 0.623. The van der Waals surface area contributed by atoms with E-state index in [4.69, 9.17) is 17.3 Å². The van der Waals surface area contributed by atoms with Crippen molar-refractivity contribution in [3.05, 3.63) is 34.9 Å². The Kier molecular flexibility index (Phi) is 4.83. The maximum atomic E-state index is 11.8. The van der Waals surface area contributed by atoms with Gasteiger partial charge in [0.05, 0.1) is 0 Å². The normalized spacial score (nSPS) is 17.8. The second kappa shape index (κ2) is 6.40. The number of carbonyl (C=O) groups is 1. The Morgan fingerprint density at radius 1 is 1.42 bits per heavy atom. The molecule has 1 saturated carbocycles. The molecule has 0 saturated heterocycles. The molecule has 0 aromatic heterocycles. The van der Waals surface area contributed by atoms with Crippen LogP contribution in [0.1, 0.15) is 31.7 Å². The molecule has 2 rings (SSSR count). The number of halogens is 1. The molecule has 0 bridgehead atoms. The minimum Gasteiger partial charge on any atom is -0.353 e. The lowest BCUT2D eigenvalue weighted by atomic mass is 10.1. The van der Waals surface area contributed by atoms with Crippen LogP contribution in [0.5, 0.6) is 0 Å². The van der Waals surface area contributed by atoms with E-state index in [1.165, 1.54) is 18.4 Å². The van der Waals surface area contributed by atoms with Gasteiger partial charge in [0.15, 0.2) is 0 Å². The smallest absolute Gasteiger partial charge is 0.221 e. The molecule has 1 aromatic carbocycles. The molecule has 2 unspecified atom stereocenters. The zero-order chi connectivity index (χ0) is 13.8. The van der Waals surface area contributed by atoms with Crippen LogP contribution in [0.15, 0.2) is 24.3 Å². The van der Waals surface area contributed by atoms with E-state index in [2.05, 4.69) is 5.32 Å². The second-order valence-electron chi connectivity index (χ2n) is 5.50. The van der Waals surface area contributed by atoms with Crippen molar-refractivity contribution in [3.8, 4) is 0 Å². The first-order chi connectivity index (χ1) is 9.04. The van der Waals surface area contributed by atoms with Crippen molar-refractivity contribution in [2.45, 2.75) is 44.7 Å². The Morgan fingerprint density at radius 2 is 2.05 bits per heavy atom. The lowest BCUT2D eigenvalue weighted by Crippen LogP contribution is -2.38. The van der Waals surface area contributed by atoms with Crippen LogP contribution in [0, 0.1) is 5.92 Å². The number of nitrogens with two attached hydrogens (primary N) is 1. The molecule has 1 amide bonds. The molecule has 0 heterocycles. The van der Waals surface area contributed by atoms with Crippen molar-refractivity contribution in [3.63, 3.8) is 0 Å². The number of amides is 1. The van der Waals surface area contributed by atoms with Crippen molar-refractivity contribution in [2.24, 2.45) is 11.7 Å². The number of hydrogen-bond donors (Lipinski definition) is 2. The van der Waals surface area contributed by atoms with E-state index >= 15 is 0 Å². The van der Waals surface area contributed by atoms with Gasteiger partial charge in [-0.2, -0.15) is 0 Å². The van der Waals surface area contributed by atoms with Gasteiger partial charge in [0.2, 0.25) is 5.91 Å². The van der Waals surface area contributed by atoms with Crippen LogP contribution in [0.3, 0.4) is 0 Å². The zero-order valence-corrected chi connectivity index (χ0v) is 12.0. The van der Waals surface area contributed by atoms with Crippen LogP contribution >= 0.6 is 11.6 Å². The Hall–Kier alpha value is -1.06. The van der Waals surface area contributed by atoms with E-state index < -0.39 is 0 Å². The van der Waals surface area contributed by atoms with Crippen LogP contribution < -0.4 is 11.1 Å². The molecule has 2 atom stereocenters. The number of hydrogen-bond acceptors (Lipinski definition) is 2. The highest BCUT2D eigenvalue weighted by atomic mass is 35.5. The molecule has 3 nitrogen and oxygen atoms in total. The molecule has 1 aromatic rings. The minimum atomic E-state index is 0.0303. The average Bonchev–Trinajstić information content (AvgIpc) is 3.15. The molecule has 0 aliphatic heterocycles. The molecule has 104 valence electrons. The van der Waals surface area contributed by atoms with E-state index in [1.54, 1.807) is 0 Å². The molecule has 1 aliphatic carbocycles. The topological polar surface area (TPSA) is 55.1 Å². The molecular formula is C15H21ClN2O. The van der Waals surface area contributed by atoms with Crippen LogP contribution in [0.4, 0.5) is 0 Å². The van der Waals surface area contributed by atoms with Gasteiger partial charge in [-0.1, -0.05) is 23.7 Å². The molecule has 0 radical (unpaired) electrons. The first-order valence-corrected chi connectivity index (χ1v) is 7.22. The third-order valence-corrected chi connectivity index (χ3v) is 3.76. The fourth-order valence-corrected chi connectivity index (χ4v) is 2.39. The molecule has 0 spiro atoms. The summed E-state index contributed by atoms with van der Waals surface area (Å²) in [5, 5.41) is 3.74. The third-order valence-electron chi connectivity index (χ3n) is 3.51. The lowest BCUT2D eigenvalue weighted by molar-refractivity contribution is -0.122. The van der Waals surface area contributed by atoms with Crippen LogP contribution in [-0.2, 0) is 11.2 Å². The van der Waals surface area contributed by atoms with Crippen molar-refractivity contribution < 1.29 is 4.79 Å². The van der Waals surface area contributed by atoms with E-state index in [0.29, 0.717) is 12.3 Å². The fourth-order valence-electron chi connectivity index (χ4n) is 2.26. The highest BCUT2D eigenvalue weighted by molar-refractivity contribution is 6.30. The molecule has 3 N–H and O–H groups in total. The average molecular weight is 281 g/mol. The van der Waals surface area contributed by atoms with Gasteiger partial charge in [0.1, 0.15) is 0 Å². The summed E-state index contributed by atoms with van der Waals surface area (Å²) < 4.78 is 0. The van der Waals surface area contributed by atoms with Crippen LogP contribution in [0.2, 0.25) is 5.02 Å². The summed E-state index contributed by atoms with van der Waals surface area (Å²) in [6, 6.07) is 7.85.